The Labute approximate surface area is 120 Å². The maximum Gasteiger partial charge on any atom is 0.336 e. The molecule has 0 bridgehead atoms. The molecule has 0 radical (unpaired) electrons. The predicted molar refractivity (Wildman–Crippen MR) is 72.7 cm³/mol. The third kappa shape index (κ3) is 3.49. The van der Waals surface area contributed by atoms with Gasteiger partial charge in [0.15, 0.2) is 0 Å². The molecule has 1 aromatic rings. The molecular weight excluding hydrogens is 282 g/mol. The molecule has 0 spiro atoms. The van der Waals surface area contributed by atoms with Crippen molar-refractivity contribution in [3.05, 3.63) is 31.5 Å². The molecule has 0 aromatic carbocycles. The molecule has 1 aromatic heterocycles. The number of nitrogens with zero attached hydrogens (tertiary/aromatic N) is 3. The quantitative estimate of drug-likeness (QED) is 0.509. The zero-order valence-corrected chi connectivity index (χ0v) is 12.1. The van der Waals surface area contributed by atoms with E-state index in [1.54, 1.807) is 0 Å². The lowest BCUT2D eigenvalue weighted by Gasteiger charge is -2.12. The second kappa shape index (κ2) is 6.83. The smallest absolute Gasteiger partial charge is 0.336 e. The zero-order chi connectivity index (χ0) is 15.4. The minimum atomic E-state index is -0.646. The largest absolute Gasteiger partial charge is 0.383 e. The summed E-state index contributed by atoms with van der Waals surface area (Å²) in [4.78, 5) is 36.8. The maximum atomic E-state index is 12.3. The normalized spacial score (nSPS) is 17.1. The van der Waals surface area contributed by atoms with Gasteiger partial charge in [0.25, 0.3) is 0 Å². The molecule has 0 amide bonds. The summed E-state index contributed by atoms with van der Waals surface area (Å²) in [6, 6.07) is 0. The molecule has 1 aliphatic heterocycles. The minimum absolute atomic E-state index is 0.0902. The molecule has 1 unspecified atom stereocenters. The number of methoxy groups -OCH3 is 2. The molecule has 1 fully saturated rings. The summed E-state index contributed by atoms with van der Waals surface area (Å²) in [7, 11) is 2.95. The van der Waals surface area contributed by atoms with E-state index in [0.717, 1.165) is 13.7 Å². The maximum absolute atomic E-state index is 12.3. The first-order chi connectivity index (χ1) is 10.1. The molecular formula is C12H19N3O6. The highest BCUT2D eigenvalue weighted by Crippen LogP contribution is 2.08. The molecule has 0 aliphatic carbocycles. The second-order valence-corrected chi connectivity index (χ2v) is 4.70. The summed E-state index contributed by atoms with van der Waals surface area (Å²) in [5.74, 6) is 0. The van der Waals surface area contributed by atoms with E-state index in [1.807, 2.05) is 0 Å². The van der Waals surface area contributed by atoms with Gasteiger partial charge in [-0.2, -0.15) is 0 Å². The fraction of sp³-hybridized carbons (Fsp3) is 0.750. The van der Waals surface area contributed by atoms with Crippen LogP contribution >= 0.6 is 0 Å². The second-order valence-electron chi connectivity index (χ2n) is 4.70. The molecule has 1 aliphatic rings. The lowest BCUT2D eigenvalue weighted by molar-refractivity contribution is 0.173. The Morgan fingerprint density at radius 1 is 0.952 bits per heavy atom. The van der Waals surface area contributed by atoms with E-state index in [-0.39, 0.29) is 39.0 Å². The van der Waals surface area contributed by atoms with Crippen LogP contribution in [0.4, 0.5) is 0 Å². The Hall–Kier alpha value is -1.71. The third-order valence-electron chi connectivity index (χ3n) is 3.21. The lowest BCUT2D eigenvalue weighted by Crippen LogP contribution is -2.55. The summed E-state index contributed by atoms with van der Waals surface area (Å²) < 4.78 is 17.9. The first-order valence-electron chi connectivity index (χ1n) is 6.64. The number of hydrogen-bond acceptors (Lipinski definition) is 6. The number of hydrogen-bond donors (Lipinski definition) is 0. The highest BCUT2D eigenvalue weighted by atomic mass is 16.6. The van der Waals surface area contributed by atoms with Crippen LogP contribution in [0.3, 0.4) is 0 Å². The molecule has 21 heavy (non-hydrogen) atoms. The van der Waals surface area contributed by atoms with Gasteiger partial charge >= 0.3 is 17.1 Å². The van der Waals surface area contributed by atoms with Crippen LogP contribution in [0.1, 0.15) is 0 Å². The number of epoxide rings is 1. The number of ether oxygens (including phenoxy) is 3. The van der Waals surface area contributed by atoms with E-state index in [9.17, 15) is 14.4 Å². The van der Waals surface area contributed by atoms with E-state index in [0.29, 0.717) is 6.61 Å². The zero-order valence-electron chi connectivity index (χ0n) is 12.1. The van der Waals surface area contributed by atoms with Crippen molar-refractivity contribution in [1.82, 2.24) is 13.7 Å². The Bertz CT molecular complexity index is 608. The highest BCUT2D eigenvalue weighted by Gasteiger charge is 2.26. The summed E-state index contributed by atoms with van der Waals surface area (Å²) >= 11 is 0. The van der Waals surface area contributed by atoms with Gasteiger partial charge in [0.1, 0.15) is 0 Å². The van der Waals surface area contributed by atoms with Crippen molar-refractivity contribution in [1.29, 1.82) is 0 Å². The Morgan fingerprint density at radius 2 is 1.38 bits per heavy atom. The average molecular weight is 301 g/mol. The van der Waals surface area contributed by atoms with E-state index in [2.05, 4.69) is 0 Å². The first-order valence-corrected chi connectivity index (χ1v) is 6.64. The van der Waals surface area contributed by atoms with Crippen LogP contribution in [0.5, 0.6) is 0 Å². The van der Waals surface area contributed by atoms with Gasteiger partial charge in [-0.05, 0) is 0 Å². The van der Waals surface area contributed by atoms with Crippen LogP contribution in [0.2, 0.25) is 0 Å². The fourth-order valence-electron chi connectivity index (χ4n) is 1.96. The van der Waals surface area contributed by atoms with E-state index in [4.69, 9.17) is 14.2 Å². The minimum Gasteiger partial charge on any atom is -0.383 e. The van der Waals surface area contributed by atoms with Crippen molar-refractivity contribution < 1.29 is 14.2 Å². The van der Waals surface area contributed by atoms with Gasteiger partial charge in [-0.25, -0.2) is 28.1 Å². The van der Waals surface area contributed by atoms with Crippen molar-refractivity contribution in [2.45, 2.75) is 25.7 Å². The van der Waals surface area contributed by atoms with Crippen molar-refractivity contribution in [2.75, 3.05) is 34.0 Å². The number of aromatic nitrogens is 3. The lowest BCUT2D eigenvalue weighted by atomic mass is 10.4. The van der Waals surface area contributed by atoms with Gasteiger partial charge in [-0.3, -0.25) is 0 Å². The molecule has 9 nitrogen and oxygen atoms in total. The molecule has 2 rings (SSSR count). The summed E-state index contributed by atoms with van der Waals surface area (Å²) in [5, 5.41) is 0. The van der Waals surface area contributed by atoms with Crippen molar-refractivity contribution in [2.24, 2.45) is 0 Å². The molecule has 0 saturated carbocycles. The van der Waals surface area contributed by atoms with Crippen LogP contribution in [0.15, 0.2) is 14.4 Å². The van der Waals surface area contributed by atoms with Gasteiger partial charge < -0.3 is 14.2 Å². The van der Waals surface area contributed by atoms with Crippen LogP contribution in [0, 0.1) is 0 Å². The third-order valence-corrected chi connectivity index (χ3v) is 3.21. The van der Waals surface area contributed by atoms with Crippen LogP contribution < -0.4 is 17.1 Å². The summed E-state index contributed by atoms with van der Waals surface area (Å²) in [6.45, 7) is 1.26. The van der Waals surface area contributed by atoms with Gasteiger partial charge in [-0.1, -0.05) is 0 Å². The van der Waals surface area contributed by atoms with Gasteiger partial charge in [0, 0.05) is 14.2 Å². The Balaban J connectivity index is 2.49. The van der Waals surface area contributed by atoms with Crippen molar-refractivity contribution in [3.8, 4) is 0 Å². The van der Waals surface area contributed by atoms with Gasteiger partial charge in [0.2, 0.25) is 0 Å². The fourth-order valence-corrected chi connectivity index (χ4v) is 1.96. The molecule has 2 heterocycles. The molecule has 0 N–H and O–H groups in total. The molecule has 9 heteroatoms. The number of rotatable bonds is 8. The summed E-state index contributed by atoms with van der Waals surface area (Å²) in [6.07, 6.45) is -0.139. The standard InChI is InChI=1S/C12H19N3O6/c1-19-5-3-13-10(16)14(4-6-20-2)12(18)15(11(13)17)7-9-8-21-9/h9H,3-8H2,1-2H3. The Morgan fingerprint density at radius 3 is 1.76 bits per heavy atom. The van der Waals surface area contributed by atoms with Crippen molar-refractivity contribution >= 4 is 0 Å². The molecule has 1 atom stereocenters. The van der Waals surface area contributed by atoms with Crippen LogP contribution in [-0.4, -0.2) is 53.8 Å². The molecule has 1 saturated heterocycles. The Kier molecular flexibility index (Phi) is 5.10. The monoisotopic (exact) mass is 301 g/mol. The van der Waals surface area contributed by atoms with E-state index in [1.165, 1.54) is 14.2 Å². The van der Waals surface area contributed by atoms with Crippen molar-refractivity contribution in [3.63, 3.8) is 0 Å². The van der Waals surface area contributed by atoms with Crippen LogP contribution in [-0.2, 0) is 33.8 Å². The van der Waals surface area contributed by atoms with E-state index >= 15 is 0 Å². The first kappa shape index (κ1) is 15.7. The topological polar surface area (TPSA) is 97.0 Å². The molecule has 118 valence electrons. The van der Waals surface area contributed by atoms with Gasteiger partial charge in [0.05, 0.1) is 45.6 Å². The summed E-state index contributed by atoms with van der Waals surface area (Å²) in [5.41, 5.74) is -1.91. The van der Waals surface area contributed by atoms with Gasteiger partial charge in [-0.15, -0.1) is 0 Å². The van der Waals surface area contributed by atoms with Crippen LogP contribution in [0.25, 0.3) is 0 Å². The average Bonchev–Trinajstić information content (AvgIpc) is 3.27. The van der Waals surface area contributed by atoms with E-state index < -0.39 is 17.1 Å². The predicted octanol–water partition coefficient (Wildman–Crippen LogP) is -2.14. The highest BCUT2D eigenvalue weighted by molar-refractivity contribution is 4.82. The SMILES string of the molecule is COCCn1c(=O)n(CCOC)c(=O)n(CC2CO2)c1=O.